The van der Waals surface area contributed by atoms with Crippen molar-refractivity contribution >= 4 is 0 Å². The summed E-state index contributed by atoms with van der Waals surface area (Å²) in [5.41, 5.74) is 4.67. The molecule has 0 spiro atoms. The number of para-hydroxylation sites is 1. The number of ether oxygens (including phenoxy) is 1. The number of hydrogen-bond acceptors (Lipinski definition) is 2. The van der Waals surface area contributed by atoms with E-state index in [2.05, 4.69) is 0 Å². The Morgan fingerprint density at radius 1 is 1.00 bits per heavy atom. The Labute approximate surface area is 129 Å². The second-order valence-corrected chi connectivity index (χ2v) is 4.87. The van der Waals surface area contributed by atoms with E-state index in [4.69, 9.17) is 10.5 Å². The predicted octanol–water partition coefficient (Wildman–Crippen LogP) is 4.67. The zero-order valence-electron chi connectivity index (χ0n) is 12.0. The zero-order chi connectivity index (χ0) is 17.0. The molecule has 0 aliphatic rings. The smallest absolute Gasteiger partial charge is 0.416 e. The van der Waals surface area contributed by atoms with Crippen LogP contribution in [0.3, 0.4) is 0 Å². The van der Waals surface area contributed by atoms with Crippen LogP contribution >= 0.6 is 0 Å². The highest BCUT2D eigenvalue weighted by molar-refractivity contribution is 5.40. The van der Waals surface area contributed by atoms with Crippen LogP contribution in [-0.4, -0.2) is 6.54 Å². The Hall–Kier alpha value is -2.15. The van der Waals surface area contributed by atoms with Gasteiger partial charge >= 0.3 is 6.18 Å². The summed E-state index contributed by atoms with van der Waals surface area (Å²) < 4.78 is 70.4. The monoisotopic (exact) mass is 331 g/mol. The Morgan fingerprint density at radius 2 is 1.61 bits per heavy atom. The van der Waals surface area contributed by atoms with Gasteiger partial charge in [0.2, 0.25) is 0 Å². The molecule has 0 aromatic heterocycles. The number of halogens is 5. The van der Waals surface area contributed by atoms with E-state index in [1.807, 2.05) is 0 Å². The van der Waals surface area contributed by atoms with Crippen LogP contribution < -0.4 is 10.5 Å². The van der Waals surface area contributed by atoms with Crippen molar-refractivity contribution in [3.63, 3.8) is 0 Å². The van der Waals surface area contributed by atoms with Crippen molar-refractivity contribution in [2.75, 3.05) is 6.54 Å². The zero-order valence-corrected chi connectivity index (χ0v) is 12.0. The van der Waals surface area contributed by atoms with Crippen LogP contribution in [0.15, 0.2) is 36.4 Å². The lowest BCUT2D eigenvalue weighted by molar-refractivity contribution is -0.138. The van der Waals surface area contributed by atoms with Crippen LogP contribution in [0.4, 0.5) is 22.0 Å². The van der Waals surface area contributed by atoms with Crippen LogP contribution in [0, 0.1) is 11.6 Å². The molecule has 2 aromatic rings. The maximum Gasteiger partial charge on any atom is 0.416 e. The highest BCUT2D eigenvalue weighted by Crippen LogP contribution is 2.36. The molecule has 2 N–H and O–H groups in total. The molecule has 0 aliphatic carbocycles. The Balaban J connectivity index is 2.34. The molecule has 0 heterocycles. The first-order valence-corrected chi connectivity index (χ1v) is 6.85. The molecular formula is C16H14F5NO. The van der Waals surface area contributed by atoms with Crippen molar-refractivity contribution in [3.05, 3.63) is 59.2 Å². The van der Waals surface area contributed by atoms with Crippen molar-refractivity contribution < 1.29 is 26.7 Å². The van der Waals surface area contributed by atoms with Gasteiger partial charge in [0.1, 0.15) is 5.75 Å². The van der Waals surface area contributed by atoms with Gasteiger partial charge in [-0.2, -0.15) is 13.2 Å². The average molecular weight is 331 g/mol. The van der Waals surface area contributed by atoms with Crippen LogP contribution in [0.1, 0.15) is 17.5 Å². The van der Waals surface area contributed by atoms with E-state index in [9.17, 15) is 22.0 Å². The largest absolute Gasteiger partial charge is 0.451 e. The van der Waals surface area contributed by atoms with Gasteiger partial charge in [0, 0.05) is 0 Å². The fourth-order valence-electron chi connectivity index (χ4n) is 2.03. The molecule has 124 valence electrons. The maximum absolute atomic E-state index is 13.8. The average Bonchev–Trinajstić information content (AvgIpc) is 2.48. The molecule has 2 rings (SSSR count). The lowest BCUT2D eigenvalue weighted by Gasteiger charge is -2.14. The van der Waals surface area contributed by atoms with Crippen molar-refractivity contribution in [3.8, 4) is 11.5 Å². The molecule has 0 atom stereocenters. The highest BCUT2D eigenvalue weighted by Gasteiger charge is 2.33. The summed E-state index contributed by atoms with van der Waals surface area (Å²) in [5, 5.41) is 0. The first-order valence-electron chi connectivity index (χ1n) is 6.85. The summed E-state index contributed by atoms with van der Waals surface area (Å²) in [6.07, 6.45) is -3.67. The van der Waals surface area contributed by atoms with E-state index in [0.717, 1.165) is 0 Å². The second kappa shape index (κ2) is 6.95. The van der Waals surface area contributed by atoms with Gasteiger partial charge in [0.25, 0.3) is 0 Å². The van der Waals surface area contributed by atoms with E-state index in [-0.39, 0.29) is 17.9 Å². The van der Waals surface area contributed by atoms with E-state index >= 15 is 0 Å². The Kier molecular flexibility index (Phi) is 5.20. The summed E-state index contributed by atoms with van der Waals surface area (Å²) >= 11 is 0. The SMILES string of the molecule is NCCCc1ccccc1Oc1c(F)cc(C(F)(F)F)cc1F. The molecule has 7 heteroatoms. The number of aryl methyl sites for hydroxylation is 1. The van der Waals surface area contributed by atoms with Gasteiger partial charge in [-0.05, 0) is 43.1 Å². The van der Waals surface area contributed by atoms with Crippen molar-refractivity contribution in [2.45, 2.75) is 19.0 Å². The minimum atomic E-state index is -4.83. The minimum absolute atomic E-state index is 0.179. The fourth-order valence-corrected chi connectivity index (χ4v) is 2.03. The second-order valence-electron chi connectivity index (χ2n) is 4.87. The molecule has 0 unspecified atom stereocenters. The lowest BCUT2D eigenvalue weighted by atomic mass is 10.1. The Morgan fingerprint density at radius 3 is 2.17 bits per heavy atom. The standard InChI is InChI=1S/C16H14F5NO/c17-12-8-11(16(19,20)21)9-13(18)15(12)23-14-6-2-1-4-10(14)5-3-7-22/h1-2,4,6,8-9H,3,5,7,22H2. The quantitative estimate of drug-likeness (QED) is 0.808. The third-order valence-electron chi connectivity index (χ3n) is 3.16. The predicted molar refractivity (Wildman–Crippen MR) is 75.3 cm³/mol. The third kappa shape index (κ3) is 4.19. The van der Waals surface area contributed by atoms with Gasteiger partial charge in [0.15, 0.2) is 17.4 Å². The summed E-state index contributed by atoms with van der Waals surface area (Å²) in [7, 11) is 0. The summed E-state index contributed by atoms with van der Waals surface area (Å²) in [4.78, 5) is 0. The minimum Gasteiger partial charge on any atom is -0.451 e. The third-order valence-corrected chi connectivity index (χ3v) is 3.16. The topological polar surface area (TPSA) is 35.2 Å². The van der Waals surface area contributed by atoms with Crippen LogP contribution in [-0.2, 0) is 12.6 Å². The molecule has 0 bridgehead atoms. The van der Waals surface area contributed by atoms with Gasteiger partial charge in [0.05, 0.1) is 5.56 Å². The lowest BCUT2D eigenvalue weighted by Crippen LogP contribution is -2.07. The molecule has 23 heavy (non-hydrogen) atoms. The molecule has 2 aromatic carbocycles. The summed E-state index contributed by atoms with van der Waals surface area (Å²) in [5.74, 6) is -3.51. The van der Waals surface area contributed by atoms with Gasteiger partial charge in [-0.1, -0.05) is 18.2 Å². The van der Waals surface area contributed by atoms with Crippen molar-refractivity contribution in [1.82, 2.24) is 0 Å². The fraction of sp³-hybridized carbons (Fsp3) is 0.250. The number of alkyl halides is 3. The van der Waals surface area contributed by atoms with E-state index in [1.54, 1.807) is 18.2 Å². The van der Waals surface area contributed by atoms with Crippen molar-refractivity contribution in [1.29, 1.82) is 0 Å². The summed E-state index contributed by atoms with van der Waals surface area (Å²) in [6.45, 7) is 0.428. The summed E-state index contributed by atoms with van der Waals surface area (Å²) in [6, 6.07) is 6.93. The van der Waals surface area contributed by atoms with Crippen LogP contribution in [0.2, 0.25) is 0 Å². The van der Waals surface area contributed by atoms with Gasteiger partial charge in [-0.25, -0.2) is 8.78 Å². The molecule has 0 radical (unpaired) electrons. The number of rotatable bonds is 5. The molecule has 0 amide bonds. The molecule has 0 aliphatic heterocycles. The van der Waals surface area contributed by atoms with Gasteiger partial charge in [-0.3, -0.25) is 0 Å². The van der Waals surface area contributed by atoms with Crippen molar-refractivity contribution in [2.24, 2.45) is 5.73 Å². The van der Waals surface area contributed by atoms with E-state index in [0.29, 0.717) is 24.9 Å². The van der Waals surface area contributed by atoms with E-state index in [1.165, 1.54) is 6.07 Å². The van der Waals surface area contributed by atoms with Crippen LogP contribution in [0.25, 0.3) is 0 Å². The maximum atomic E-state index is 13.8. The number of nitrogens with two attached hydrogens (primary N) is 1. The number of hydrogen-bond donors (Lipinski definition) is 1. The first kappa shape index (κ1) is 17.2. The number of benzene rings is 2. The Bertz CT molecular complexity index is 661. The van der Waals surface area contributed by atoms with Gasteiger partial charge < -0.3 is 10.5 Å². The van der Waals surface area contributed by atoms with Crippen LogP contribution in [0.5, 0.6) is 11.5 Å². The normalized spacial score (nSPS) is 11.6. The molecule has 0 fully saturated rings. The molecular weight excluding hydrogens is 317 g/mol. The molecule has 2 nitrogen and oxygen atoms in total. The van der Waals surface area contributed by atoms with Gasteiger partial charge in [-0.15, -0.1) is 0 Å². The first-order chi connectivity index (χ1) is 10.8. The molecule has 0 saturated heterocycles. The highest BCUT2D eigenvalue weighted by atomic mass is 19.4. The molecule has 0 saturated carbocycles. The van der Waals surface area contributed by atoms with E-state index < -0.39 is 29.1 Å².